The average molecular weight is 221 g/mol. The van der Waals surface area contributed by atoms with Gasteiger partial charge in [-0.2, -0.15) is 0 Å². The second-order valence-corrected chi connectivity index (χ2v) is 4.15. The van der Waals surface area contributed by atoms with E-state index in [0.717, 1.165) is 6.42 Å². The van der Waals surface area contributed by atoms with Gasteiger partial charge in [-0.15, -0.1) is 0 Å². The van der Waals surface area contributed by atoms with Crippen molar-refractivity contribution in [2.24, 2.45) is 5.92 Å². The minimum absolute atomic E-state index is 0.216. The number of hydrogen-bond donors (Lipinski definition) is 2. The Labute approximate surface area is 96.5 Å². The highest BCUT2D eigenvalue weighted by Gasteiger charge is 2.17. The normalized spacial score (nSPS) is 14.4. The van der Waals surface area contributed by atoms with Crippen molar-refractivity contribution >= 4 is 5.97 Å². The van der Waals surface area contributed by atoms with Crippen molar-refractivity contribution in [2.75, 3.05) is 7.05 Å². The van der Waals surface area contributed by atoms with Gasteiger partial charge < -0.3 is 10.4 Å². The first-order valence-corrected chi connectivity index (χ1v) is 5.57. The van der Waals surface area contributed by atoms with Gasteiger partial charge in [-0.3, -0.25) is 4.79 Å². The van der Waals surface area contributed by atoms with Crippen LogP contribution in [0.4, 0.5) is 0 Å². The molecule has 0 heterocycles. The summed E-state index contributed by atoms with van der Waals surface area (Å²) in [6.07, 6.45) is 1.52. The second-order valence-electron chi connectivity index (χ2n) is 4.15. The van der Waals surface area contributed by atoms with E-state index in [4.69, 9.17) is 5.11 Å². The van der Waals surface area contributed by atoms with Crippen LogP contribution in [0.25, 0.3) is 0 Å². The monoisotopic (exact) mass is 221 g/mol. The average Bonchev–Trinajstić information content (AvgIpc) is 2.29. The standard InChI is InChI=1S/C13H19NO2/c1-10(13(15)16)8-12(14-2)9-11-6-4-3-5-7-11/h3-7,10,12,14H,8-9H2,1-2H3,(H,15,16)/t10-,12+/m0/s1. The molecule has 3 heteroatoms. The fourth-order valence-corrected chi connectivity index (χ4v) is 1.73. The number of carbonyl (C=O) groups is 1. The molecule has 0 bridgehead atoms. The first kappa shape index (κ1) is 12.7. The third-order valence-corrected chi connectivity index (χ3v) is 2.79. The molecular weight excluding hydrogens is 202 g/mol. The van der Waals surface area contributed by atoms with E-state index in [0.29, 0.717) is 6.42 Å². The number of likely N-dealkylation sites (N-methyl/N-ethyl adjacent to an activating group) is 1. The number of nitrogens with one attached hydrogen (secondary N) is 1. The smallest absolute Gasteiger partial charge is 0.306 e. The van der Waals surface area contributed by atoms with E-state index in [-0.39, 0.29) is 12.0 Å². The van der Waals surface area contributed by atoms with E-state index in [1.165, 1.54) is 5.56 Å². The Morgan fingerprint density at radius 3 is 2.50 bits per heavy atom. The second kappa shape index (κ2) is 6.28. The molecule has 1 aromatic rings. The zero-order valence-corrected chi connectivity index (χ0v) is 9.81. The molecule has 0 radical (unpaired) electrons. The van der Waals surface area contributed by atoms with Crippen LogP contribution in [0.15, 0.2) is 30.3 Å². The molecule has 1 aromatic carbocycles. The molecule has 3 nitrogen and oxygen atoms in total. The van der Waals surface area contributed by atoms with Crippen molar-refractivity contribution in [1.29, 1.82) is 0 Å². The summed E-state index contributed by atoms with van der Waals surface area (Å²) < 4.78 is 0. The molecule has 0 saturated carbocycles. The summed E-state index contributed by atoms with van der Waals surface area (Å²) in [4.78, 5) is 10.8. The van der Waals surface area contributed by atoms with Gasteiger partial charge in [-0.25, -0.2) is 0 Å². The van der Waals surface area contributed by atoms with Gasteiger partial charge in [0.15, 0.2) is 0 Å². The van der Waals surface area contributed by atoms with Crippen molar-refractivity contribution in [3.05, 3.63) is 35.9 Å². The van der Waals surface area contributed by atoms with Crippen LogP contribution in [0.1, 0.15) is 18.9 Å². The highest BCUT2D eigenvalue weighted by Crippen LogP contribution is 2.11. The van der Waals surface area contributed by atoms with Gasteiger partial charge in [-0.05, 0) is 25.5 Å². The maximum atomic E-state index is 10.8. The van der Waals surface area contributed by atoms with Gasteiger partial charge in [-0.1, -0.05) is 37.3 Å². The van der Waals surface area contributed by atoms with E-state index in [1.54, 1.807) is 6.92 Å². The van der Waals surface area contributed by atoms with Gasteiger partial charge in [0, 0.05) is 6.04 Å². The van der Waals surface area contributed by atoms with Gasteiger partial charge in [0.25, 0.3) is 0 Å². The molecule has 2 N–H and O–H groups in total. The Balaban J connectivity index is 2.53. The number of rotatable bonds is 6. The third kappa shape index (κ3) is 4.03. The lowest BCUT2D eigenvalue weighted by Gasteiger charge is -2.18. The highest BCUT2D eigenvalue weighted by atomic mass is 16.4. The molecule has 0 spiro atoms. The Bertz CT molecular complexity index is 324. The third-order valence-electron chi connectivity index (χ3n) is 2.79. The largest absolute Gasteiger partial charge is 0.481 e. The fraction of sp³-hybridized carbons (Fsp3) is 0.462. The number of benzene rings is 1. The van der Waals surface area contributed by atoms with Crippen LogP contribution in [0, 0.1) is 5.92 Å². The van der Waals surface area contributed by atoms with Gasteiger partial charge in [0.05, 0.1) is 5.92 Å². The lowest BCUT2D eigenvalue weighted by Crippen LogP contribution is -2.31. The van der Waals surface area contributed by atoms with Gasteiger partial charge >= 0.3 is 5.97 Å². The highest BCUT2D eigenvalue weighted by molar-refractivity contribution is 5.69. The van der Waals surface area contributed by atoms with Crippen molar-refractivity contribution in [3.8, 4) is 0 Å². The lowest BCUT2D eigenvalue weighted by molar-refractivity contribution is -0.141. The molecule has 16 heavy (non-hydrogen) atoms. The lowest BCUT2D eigenvalue weighted by atomic mass is 9.96. The number of carboxylic acid groups (broad SMARTS) is 1. The van der Waals surface area contributed by atoms with E-state index < -0.39 is 5.97 Å². The van der Waals surface area contributed by atoms with E-state index in [9.17, 15) is 4.79 Å². The molecule has 2 atom stereocenters. The minimum atomic E-state index is -0.728. The Kier molecular flexibility index (Phi) is 4.99. The Morgan fingerprint density at radius 1 is 1.38 bits per heavy atom. The SMILES string of the molecule is CN[C@@H](Cc1ccccc1)C[C@H](C)C(=O)O. The molecule has 0 aliphatic rings. The molecule has 0 aliphatic carbocycles. The van der Waals surface area contributed by atoms with Crippen molar-refractivity contribution in [3.63, 3.8) is 0 Å². The predicted octanol–water partition coefficient (Wildman–Crippen LogP) is 1.93. The van der Waals surface area contributed by atoms with Gasteiger partial charge in [0.1, 0.15) is 0 Å². The Morgan fingerprint density at radius 2 is 2.00 bits per heavy atom. The van der Waals surface area contributed by atoms with Crippen molar-refractivity contribution < 1.29 is 9.90 Å². The molecular formula is C13H19NO2. The zero-order chi connectivity index (χ0) is 12.0. The van der Waals surface area contributed by atoms with Crippen LogP contribution < -0.4 is 5.32 Å². The molecule has 0 fully saturated rings. The summed E-state index contributed by atoms with van der Waals surface area (Å²) >= 11 is 0. The van der Waals surface area contributed by atoms with Crippen molar-refractivity contribution in [1.82, 2.24) is 5.32 Å². The summed E-state index contributed by atoms with van der Waals surface area (Å²) in [5.74, 6) is -1.03. The first-order chi connectivity index (χ1) is 7.63. The van der Waals surface area contributed by atoms with Crippen LogP contribution in [0.3, 0.4) is 0 Å². The van der Waals surface area contributed by atoms with Crippen LogP contribution in [0.2, 0.25) is 0 Å². The fourth-order valence-electron chi connectivity index (χ4n) is 1.73. The van der Waals surface area contributed by atoms with E-state index in [2.05, 4.69) is 17.4 Å². The number of carboxylic acids is 1. The number of hydrogen-bond acceptors (Lipinski definition) is 2. The van der Waals surface area contributed by atoms with Crippen LogP contribution in [-0.2, 0) is 11.2 Å². The van der Waals surface area contributed by atoms with E-state index >= 15 is 0 Å². The van der Waals surface area contributed by atoms with Crippen LogP contribution in [0.5, 0.6) is 0 Å². The molecule has 88 valence electrons. The zero-order valence-electron chi connectivity index (χ0n) is 9.81. The quantitative estimate of drug-likeness (QED) is 0.771. The Hall–Kier alpha value is -1.35. The first-order valence-electron chi connectivity index (χ1n) is 5.57. The summed E-state index contributed by atoms with van der Waals surface area (Å²) in [6, 6.07) is 10.3. The molecule has 0 aromatic heterocycles. The van der Waals surface area contributed by atoms with Crippen LogP contribution in [-0.4, -0.2) is 24.2 Å². The van der Waals surface area contributed by atoms with Crippen LogP contribution >= 0.6 is 0 Å². The van der Waals surface area contributed by atoms with Crippen molar-refractivity contribution in [2.45, 2.75) is 25.8 Å². The van der Waals surface area contributed by atoms with E-state index in [1.807, 2.05) is 25.2 Å². The maximum absolute atomic E-state index is 10.8. The summed E-state index contributed by atoms with van der Waals surface area (Å²) in [5, 5.41) is 12.0. The molecule has 1 rings (SSSR count). The molecule has 0 unspecified atom stereocenters. The van der Waals surface area contributed by atoms with Gasteiger partial charge in [0.2, 0.25) is 0 Å². The molecule has 0 saturated heterocycles. The summed E-state index contributed by atoms with van der Waals surface area (Å²) in [5.41, 5.74) is 1.24. The molecule has 0 aliphatic heterocycles. The summed E-state index contributed by atoms with van der Waals surface area (Å²) in [7, 11) is 1.88. The number of aliphatic carboxylic acids is 1. The predicted molar refractivity (Wildman–Crippen MR) is 64.4 cm³/mol. The topological polar surface area (TPSA) is 49.3 Å². The maximum Gasteiger partial charge on any atom is 0.306 e. The molecule has 0 amide bonds. The summed E-state index contributed by atoms with van der Waals surface area (Å²) in [6.45, 7) is 1.75. The minimum Gasteiger partial charge on any atom is -0.481 e.